The largest absolute Gasteiger partial charge is 0.478 e. The molecule has 2 rings (SSSR count). The van der Waals surface area contributed by atoms with Crippen molar-refractivity contribution in [2.24, 2.45) is 0 Å². The number of aryl methyl sites for hydroxylation is 1. The summed E-state index contributed by atoms with van der Waals surface area (Å²) in [7, 11) is -3.84. The van der Waals surface area contributed by atoms with Crippen LogP contribution in [0.2, 0.25) is 10.0 Å². The number of hydrogen-bond donors (Lipinski definition) is 1. The number of aromatic carboxylic acids is 1. The quantitative estimate of drug-likeness (QED) is 0.896. The zero-order valence-electron chi connectivity index (χ0n) is 10.6. The van der Waals surface area contributed by atoms with E-state index in [4.69, 9.17) is 28.3 Å². The number of aromatic nitrogens is 1. The van der Waals surface area contributed by atoms with E-state index in [1.165, 1.54) is 11.3 Å². The second-order valence-corrected chi connectivity index (χ2v) is 7.93. The highest BCUT2D eigenvalue weighted by Gasteiger charge is 2.25. The summed E-state index contributed by atoms with van der Waals surface area (Å²) in [6, 6.07) is 2.25. The van der Waals surface area contributed by atoms with Gasteiger partial charge in [-0.2, -0.15) is 0 Å². The fraction of sp³-hybridized carbons (Fsp3) is 0.167. The molecule has 9 heteroatoms. The van der Waals surface area contributed by atoms with Gasteiger partial charge in [0.05, 0.1) is 15.5 Å². The molecule has 1 aromatic carbocycles. The third-order valence-corrected chi connectivity index (χ3v) is 6.08. The number of thiazole rings is 1. The van der Waals surface area contributed by atoms with Crippen molar-refractivity contribution >= 4 is 50.3 Å². The predicted octanol–water partition coefficient (Wildman–Crippen LogP) is 3.43. The summed E-state index contributed by atoms with van der Waals surface area (Å²) in [5.74, 6) is -1.70. The Morgan fingerprint density at radius 3 is 2.57 bits per heavy atom. The van der Waals surface area contributed by atoms with Crippen LogP contribution >= 0.6 is 34.5 Å². The minimum atomic E-state index is -3.84. The standard InChI is InChI=1S/C12H9Cl2NO4S2/c1-6-4-20-10(15-6)5-21(18,19)9-3-7(13)2-8(11(9)14)12(16)17/h2-4H,5H2,1H3,(H,16,17). The Kier molecular flexibility index (Phi) is 4.57. The van der Waals surface area contributed by atoms with Crippen molar-refractivity contribution < 1.29 is 18.3 Å². The van der Waals surface area contributed by atoms with Gasteiger partial charge in [-0.25, -0.2) is 18.2 Å². The molecule has 0 spiro atoms. The van der Waals surface area contributed by atoms with Gasteiger partial charge in [0.25, 0.3) is 0 Å². The lowest BCUT2D eigenvalue weighted by atomic mass is 10.2. The van der Waals surface area contributed by atoms with Gasteiger partial charge in [0, 0.05) is 16.1 Å². The van der Waals surface area contributed by atoms with E-state index in [-0.39, 0.29) is 26.3 Å². The molecule has 0 bridgehead atoms. The van der Waals surface area contributed by atoms with E-state index in [2.05, 4.69) is 4.98 Å². The van der Waals surface area contributed by atoms with Gasteiger partial charge in [-0.05, 0) is 19.1 Å². The number of carboxylic acids is 1. The Hall–Kier alpha value is -1.15. The molecule has 1 heterocycles. The van der Waals surface area contributed by atoms with Crippen molar-refractivity contribution in [1.82, 2.24) is 4.98 Å². The summed E-state index contributed by atoms with van der Waals surface area (Å²) in [5, 5.41) is 10.8. The molecular formula is C12H9Cl2NO4S2. The minimum Gasteiger partial charge on any atom is -0.478 e. The van der Waals surface area contributed by atoms with Crippen molar-refractivity contribution in [2.75, 3.05) is 0 Å². The summed E-state index contributed by atoms with van der Waals surface area (Å²) in [4.78, 5) is 14.8. The zero-order chi connectivity index (χ0) is 15.8. The molecule has 0 aliphatic rings. The second-order valence-electron chi connectivity index (χ2n) is 4.21. The summed E-state index contributed by atoms with van der Waals surface area (Å²) in [6.07, 6.45) is 0. The maximum atomic E-state index is 12.4. The first-order valence-corrected chi connectivity index (χ1v) is 8.85. The van der Waals surface area contributed by atoms with Crippen molar-refractivity contribution in [3.05, 3.63) is 43.8 Å². The van der Waals surface area contributed by atoms with Gasteiger partial charge in [-0.15, -0.1) is 11.3 Å². The normalized spacial score (nSPS) is 11.6. The molecule has 0 saturated heterocycles. The molecule has 0 aliphatic carbocycles. The van der Waals surface area contributed by atoms with E-state index in [9.17, 15) is 13.2 Å². The summed E-state index contributed by atoms with van der Waals surface area (Å²) in [5.41, 5.74) is 0.367. The average molecular weight is 366 g/mol. The van der Waals surface area contributed by atoms with Crippen LogP contribution in [0.4, 0.5) is 0 Å². The van der Waals surface area contributed by atoms with Crippen molar-refractivity contribution in [1.29, 1.82) is 0 Å². The van der Waals surface area contributed by atoms with Gasteiger partial charge < -0.3 is 5.11 Å². The molecule has 0 unspecified atom stereocenters. The van der Waals surface area contributed by atoms with E-state index < -0.39 is 15.8 Å². The van der Waals surface area contributed by atoms with Crippen LogP contribution in [0, 0.1) is 6.92 Å². The van der Waals surface area contributed by atoms with E-state index in [0.29, 0.717) is 10.7 Å². The lowest BCUT2D eigenvalue weighted by Crippen LogP contribution is -2.08. The fourth-order valence-electron chi connectivity index (χ4n) is 1.66. The van der Waals surface area contributed by atoms with Gasteiger partial charge in [0.15, 0.2) is 9.84 Å². The Bertz CT molecular complexity index is 815. The van der Waals surface area contributed by atoms with Crippen LogP contribution < -0.4 is 0 Å². The van der Waals surface area contributed by atoms with E-state index in [0.717, 1.165) is 12.1 Å². The zero-order valence-corrected chi connectivity index (χ0v) is 13.8. The number of rotatable bonds is 4. The van der Waals surface area contributed by atoms with Crippen molar-refractivity contribution in [3.63, 3.8) is 0 Å². The number of carboxylic acid groups (broad SMARTS) is 1. The third kappa shape index (κ3) is 3.55. The predicted molar refractivity (Wildman–Crippen MR) is 81.2 cm³/mol. The van der Waals surface area contributed by atoms with Crippen LogP contribution in [0.25, 0.3) is 0 Å². The number of carbonyl (C=O) groups is 1. The molecule has 1 aromatic heterocycles. The van der Waals surface area contributed by atoms with Crippen LogP contribution in [0.15, 0.2) is 22.4 Å². The monoisotopic (exact) mass is 365 g/mol. The first-order chi connectivity index (χ1) is 9.70. The lowest BCUT2D eigenvalue weighted by molar-refractivity contribution is 0.0697. The first kappa shape index (κ1) is 16.2. The second kappa shape index (κ2) is 5.92. The summed E-state index contributed by atoms with van der Waals surface area (Å²) < 4.78 is 24.8. The molecule has 0 aliphatic heterocycles. The molecular weight excluding hydrogens is 357 g/mol. The summed E-state index contributed by atoms with van der Waals surface area (Å²) in [6.45, 7) is 1.75. The van der Waals surface area contributed by atoms with Crippen LogP contribution in [0.3, 0.4) is 0 Å². The van der Waals surface area contributed by atoms with Gasteiger partial charge >= 0.3 is 5.97 Å². The fourth-order valence-corrected chi connectivity index (χ4v) is 5.01. The molecule has 0 atom stereocenters. The Morgan fingerprint density at radius 2 is 2.05 bits per heavy atom. The molecule has 2 aromatic rings. The number of nitrogens with zero attached hydrogens (tertiary/aromatic N) is 1. The molecule has 5 nitrogen and oxygen atoms in total. The van der Waals surface area contributed by atoms with E-state index >= 15 is 0 Å². The van der Waals surface area contributed by atoms with Crippen LogP contribution in [-0.2, 0) is 15.6 Å². The van der Waals surface area contributed by atoms with Crippen LogP contribution in [-0.4, -0.2) is 24.5 Å². The van der Waals surface area contributed by atoms with E-state index in [1.54, 1.807) is 12.3 Å². The maximum absolute atomic E-state index is 12.4. The first-order valence-electron chi connectivity index (χ1n) is 5.57. The Labute approximate surface area is 135 Å². The van der Waals surface area contributed by atoms with Gasteiger partial charge in [-0.1, -0.05) is 23.2 Å². The minimum absolute atomic E-state index is 0.00862. The van der Waals surface area contributed by atoms with Crippen molar-refractivity contribution in [2.45, 2.75) is 17.6 Å². The van der Waals surface area contributed by atoms with Crippen LogP contribution in [0.1, 0.15) is 21.1 Å². The molecule has 0 fully saturated rings. The number of sulfone groups is 1. The molecule has 21 heavy (non-hydrogen) atoms. The molecule has 112 valence electrons. The highest BCUT2D eigenvalue weighted by atomic mass is 35.5. The SMILES string of the molecule is Cc1csc(CS(=O)(=O)c2cc(Cl)cc(C(=O)O)c2Cl)n1. The average Bonchev–Trinajstić information content (AvgIpc) is 2.76. The van der Waals surface area contributed by atoms with E-state index in [1.807, 2.05) is 0 Å². The number of benzene rings is 1. The van der Waals surface area contributed by atoms with Gasteiger partial charge in [0.1, 0.15) is 10.8 Å². The number of hydrogen-bond acceptors (Lipinski definition) is 5. The molecule has 0 saturated carbocycles. The Morgan fingerprint density at radius 1 is 1.38 bits per heavy atom. The lowest BCUT2D eigenvalue weighted by Gasteiger charge is -2.08. The molecule has 0 amide bonds. The maximum Gasteiger partial charge on any atom is 0.337 e. The Balaban J connectivity index is 2.52. The van der Waals surface area contributed by atoms with Gasteiger partial charge in [0.2, 0.25) is 0 Å². The summed E-state index contributed by atoms with van der Waals surface area (Å²) >= 11 is 12.9. The topological polar surface area (TPSA) is 84.3 Å². The third-order valence-electron chi connectivity index (χ3n) is 2.55. The van der Waals surface area contributed by atoms with Crippen LogP contribution in [0.5, 0.6) is 0 Å². The highest BCUT2D eigenvalue weighted by Crippen LogP contribution is 2.31. The van der Waals surface area contributed by atoms with Gasteiger partial charge in [-0.3, -0.25) is 0 Å². The molecule has 1 N–H and O–H groups in total. The number of halogens is 2. The smallest absolute Gasteiger partial charge is 0.337 e. The molecule has 0 radical (unpaired) electrons. The van der Waals surface area contributed by atoms with Crippen molar-refractivity contribution in [3.8, 4) is 0 Å². The highest BCUT2D eigenvalue weighted by molar-refractivity contribution is 7.91.